The first-order chi connectivity index (χ1) is 10.1. The number of aromatic nitrogens is 2. The Labute approximate surface area is 134 Å². The molecule has 1 fully saturated rings. The van der Waals surface area contributed by atoms with Gasteiger partial charge in [-0.2, -0.15) is 0 Å². The predicted octanol–water partition coefficient (Wildman–Crippen LogP) is 3.35. The summed E-state index contributed by atoms with van der Waals surface area (Å²) in [7, 11) is 3.51. The topological polar surface area (TPSA) is 39.3 Å². The van der Waals surface area contributed by atoms with Gasteiger partial charge in [-0.1, -0.05) is 31.5 Å². The molecule has 0 spiro atoms. The van der Waals surface area contributed by atoms with E-state index in [0.717, 1.165) is 34.5 Å². The van der Waals surface area contributed by atoms with Crippen LogP contribution in [0.4, 0.5) is 5.82 Å². The molecule has 2 aliphatic rings. The van der Waals surface area contributed by atoms with E-state index < -0.39 is 0 Å². The zero-order valence-electron chi connectivity index (χ0n) is 12.6. The average molecular weight is 323 g/mol. The summed E-state index contributed by atoms with van der Waals surface area (Å²) in [5.74, 6) is 2.74. The third-order valence-electron chi connectivity index (χ3n) is 4.49. The molecule has 0 amide bonds. The summed E-state index contributed by atoms with van der Waals surface area (Å²) < 4.78 is 3.78. The second-order valence-electron chi connectivity index (χ2n) is 6.01. The smallest absolute Gasteiger partial charge is 0.287 e. The van der Waals surface area contributed by atoms with Crippen LogP contribution in [0.1, 0.15) is 37.7 Å². The third-order valence-corrected chi connectivity index (χ3v) is 6.22. The Hall–Kier alpha value is -0.880. The Morgan fingerprint density at radius 1 is 1.24 bits per heavy atom. The highest BCUT2D eigenvalue weighted by Gasteiger charge is 2.22. The Bertz CT molecular complexity index is 696. The molecule has 114 valence electrons. The van der Waals surface area contributed by atoms with Crippen molar-refractivity contribution in [3.05, 3.63) is 20.7 Å². The zero-order chi connectivity index (χ0) is 15.0. The molecule has 1 aliphatic heterocycles. The second-order valence-corrected chi connectivity index (χ2v) is 7.49. The first-order valence-corrected chi connectivity index (χ1v) is 8.96. The van der Waals surface area contributed by atoms with Crippen LogP contribution >= 0.6 is 24.0 Å². The molecule has 2 heterocycles. The number of hydrogen-bond acceptors (Lipinski definition) is 4. The standard InChI is InChI=1S/C15H21N3OS2/c1-17-13-11(14(20)18(2)15(17)19)8-12(16-13)21-9-10-6-4-3-5-7-10/h10H,3-9H2,1-2H3. The first-order valence-electron chi connectivity index (χ1n) is 7.57. The van der Waals surface area contributed by atoms with E-state index in [-0.39, 0.29) is 5.69 Å². The molecule has 1 aromatic heterocycles. The van der Waals surface area contributed by atoms with Crippen LogP contribution < -0.4 is 5.69 Å². The predicted molar refractivity (Wildman–Crippen MR) is 91.3 cm³/mol. The number of thioether (sulfide) groups is 1. The van der Waals surface area contributed by atoms with Gasteiger partial charge in [-0.15, -0.1) is 11.8 Å². The van der Waals surface area contributed by atoms with Crippen molar-refractivity contribution >= 4 is 34.8 Å². The van der Waals surface area contributed by atoms with Crippen LogP contribution in [-0.2, 0) is 20.5 Å². The molecule has 0 radical (unpaired) electrons. The molecule has 1 aliphatic carbocycles. The van der Waals surface area contributed by atoms with Crippen molar-refractivity contribution in [3.8, 4) is 0 Å². The van der Waals surface area contributed by atoms with E-state index in [4.69, 9.17) is 12.2 Å². The molecule has 0 atom stereocenters. The van der Waals surface area contributed by atoms with Crippen molar-refractivity contribution in [3.63, 3.8) is 0 Å². The molecule has 21 heavy (non-hydrogen) atoms. The van der Waals surface area contributed by atoms with Gasteiger partial charge >= 0.3 is 5.69 Å². The summed E-state index contributed by atoms with van der Waals surface area (Å²) in [5, 5.41) is 1.11. The summed E-state index contributed by atoms with van der Waals surface area (Å²) in [4.78, 5) is 16.7. The van der Waals surface area contributed by atoms with Gasteiger partial charge in [0.15, 0.2) is 0 Å². The fourth-order valence-corrected chi connectivity index (χ4v) is 4.56. The molecule has 0 unspecified atom stereocenters. The van der Waals surface area contributed by atoms with Gasteiger partial charge in [-0.25, -0.2) is 9.79 Å². The molecule has 0 aromatic carbocycles. The van der Waals surface area contributed by atoms with Crippen LogP contribution in [0, 0.1) is 10.6 Å². The number of fused-ring (bicyclic) bond motifs is 1. The summed E-state index contributed by atoms with van der Waals surface area (Å²) >= 11 is 7.25. The van der Waals surface area contributed by atoms with E-state index >= 15 is 0 Å². The van der Waals surface area contributed by atoms with Crippen molar-refractivity contribution in [2.45, 2.75) is 38.5 Å². The van der Waals surface area contributed by atoms with Gasteiger partial charge in [0.1, 0.15) is 10.5 Å². The van der Waals surface area contributed by atoms with Crippen LogP contribution in [0.5, 0.6) is 0 Å². The van der Waals surface area contributed by atoms with E-state index in [1.54, 1.807) is 23.2 Å². The quantitative estimate of drug-likeness (QED) is 0.784. The maximum Gasteiger partial charge on any atom is 0.330 e. The van der Waals surface area contributed by atoms with Gasteiger partial charge in [0.25, 0.3) is 0 Å². The zero-order valence-corrected chi connectivity index (χ0v) is 14.2. The number of hydrogen-bond donors (Lipinski definition) is 0. The highest BCUT2D eigenvalue weighted by atomic mass is 32.2. The second kappa shape index (κ2) is 6.08. The SMILES string of the molecule is Cn1c2c(c(=S)n(C)c1=O)CC(SCC1CCCCC1)=N2. The monoisotopic (exact) mass is 323 g/mol. The molecule has 0 N–H and O–H groups in total. The van der Waals surface area contributed by atoms with Gasteiger partial charge < -0.3 is 0 Å². The molecule has 0 saturated heterocycles. The van der Waals surface area contributed by atoms with Crippen LogP contribution in [0.25, 0.3) is 0 Å². The number of rotatable bonds is 2. The van der Waals surface area contributed by atoms with Crippen LogP contribution in [0.3, 0.4) is 0 Å². The molecule has 3 rings (SSSR count). The minimum Gasteiger partial charge on any atom is -0.287 e. The largest absolute Gasteiger partial charge is 0.330 e. The van der Waals surface area contributed by atoms with Crippen molar-refractivity contribution in [2.75, 3.05) is 5.75 Å². The van der Waals surface area contributed by atoms with E-state index in [0.29, 0.717) is 4.64 Å². The molecular weight excluding hydrogens is 302 g/mol. The molecular formula is C15H21N3OS2. The molecule has 1 saturated carbocycles. The summed E-state index contributed by atoms with van der Waals surface area (Å²) in [5.41, 5.74) is 0.932. The molecule has 1 aromatic rings. The van der Waals surface area contributed by atoms with Gasteiger partial charge in [-0.3, -0.25) is 9.13 Å². The van der Waals surface area contributed by atoms with Crippen LogP contribution in [-0.4, -0.2) is 19.9 Å². The number of aliphatic imine (C=N–C) groups is 1. The average Bonchev–Trinajstić information content (AvgIpc) is 2.94. The lowest BCUT2D eigenvalue weighted by Crippen LogP contribution is -2.28. The fourth-order valence-electron chi connectivity index (χ4n) is 3.16. The van der Waals surface area contributed by atoms with Crippen molar-refractivity contribution in [1.29, 1.82) is 0 Å². The Kier molecular flexibility index (Phi) is 4.36. The number of nitrogens with zero attached hydrogens (tertiary/aromatic N) is 3. The first kappa shape index (κ1) is 15.0. The molecule has 0 bridgehead atoms. The highest BCUT2D eigenvalue weighted by Crippen LogP contribution is 2.32. The summed E-state index contributed by atoms with van der Waals surface area (Å²) in [6, 6.07) is 0. The third kappa shape index (κ3) is 2.88. The van der Waals surface area contributed by atoms with E-state index in [1.807, 2.05) is 11.8 Å². The maximum absolute atomic E-state index is 12.0. The lowest BCUT2D eigenvalue weighted by molar-refractivity contribution is 0.391. The van der Waals surface area contributed by atoms with Crippen molar-refractivity contribution < 1.29 is 0 Å². The fraction of sp³-hybridized carbons (Fsp3) is 0.667. The van der Waals surface area contributed by atoms with Gasteiger partial charge in [-0.05, 0) is 18.8 Å². The summed E-state index contributed by atoms with van der Waals surface area (Å²) in [6.45, 7) is 0. The van der Waals surface area contributed by atoms with Crippen LogP contribution in [0.15, 0.2) is 9.79 Å². The Morgan fingerprint density at radius 2 is 1.95 bits per heavy atom. The van der Waals surface area contributed by atoms with E-state index in [9.17, 15) is 4.79 Å². The van der Waals surface area contributed by atoms with Crippen molar-refractivity contribution in [1.82, 2.24) is 9.13 Å². The minimum atomic E-state index is -0.0963. The Morgan fingerprint density at radius 3 is 2.67 bits per heavy atom. The highest BCUT2D eigenvalue weighted by molar-refractivity contribution is 8.14. The van der Waals surface area contributed by atoms with Gasteiger partial charge in [0.2, 0.25) is 0 Å². The maximum atomic E-state index is 12.0. The lowest BCUT2D eigenvalue weighted by Gasteiger charge is -2.20. The van der Waals surface area contributed by atoms with Crippen molar-refractivity contribution in [2.24, 2.45) is 25.0 Å². The molecule has 4 nitrogen and oxygen atoms in total. The normalized spacial score (nSPS) is 18.7. The minimum absolute atomic E-state index is 0.0963. The van der Waals surface area contributed by atoms with Gasteiger partial charge in [0.05, 0.1) is 5.04 Å². The lowest BCUT2D eigenvalue weighted by atomic mass is 9.91. The van der Waals surface area contributed by atoms with Crippen LogP contribution in [0.2, 0.25) is 0 Å². The molecule has 6 heteroatoms. The van der Waals surface area contributed by atoms with E-state index in [2.05, 4.69) is 4.99 Å². The van der Waals surface area contributed by atoms with E-state index in [1.165, 1.54) is 32.1 Å². The van der Waals surface area contributed by atoms with Gasteiger partial charge in [0, 0.05) is 31.8 Å². The summed E-state index contributed by atoms with van der Waals surface area (Å²) in [6.07, 6.45) is 7.63. The Balaban J connectivity index is 1.76.